The van der Waals surface area contributed by atoms with E-state index in [-0.39, 0.29) is 17.7 Å². The van der Waals surface area contributed by atoms with Gasteiger partial charge in [0, 0.05) is 43.4 Å². The fourth-order valence-corrected chi connectivity index (χ4v) is 3.59. The second kappa shape index (κ2) is 7.87. The minimum Gasteiger partial charge on any atom is -0.371 e. The van der Waals surface area contributed by atoms with Crippen molar-refractivity contribution < 1.29 is 9.59 Å². The predicted octanol–water partition coefficient (Wildman–Crippen LogP) is 3.73. The van der Waals surface area contributed by atoms with Crippen LogP contribution in [0.1, 0.15) is 49.9 Å². The van der Waals surface area contributed by atoms with Crippen LogP contribution in [0.25, 0.3) is 0 Å². The molecule has 0 unspecified atom stereocenters. The summed E-state index contributed by atoms with van der Waals surface area (Å²) in [5.41, 5.74) is 1.66. The van der Waals surface area contributed by atoms with Gasteiger partial charge in [-0.25, -0.2) is 0 Å². The molecule has 3 rings (SSSR count). The summed E-state index contributed by atoms with van der Waals surface area (Å²) in [6, 6.07) is 5.69. The van der Waals surface area contributed by atoms with Gasteiger partial charge in [-0.3, -0.25) is 9.59 Å². The highest BCUT2D eigenvalue weighted by Gasteiger charge is 2.28. The van der Waals surface area contributed by atoms with Crippen LogP contribution in [0.2, 0.25) is 0 Å². The number of rotatable bonds is 5. The van der Waals surface area contributed by atoms with E-state index in [2.05, 4.69) is 10.2 Å². The molecular weight excluding hydrogens is 350 g/mol. The standard InChI is InChI=1S/C20H28ClN3O2/c1-20(2,14-21)19(26)22-15-7-8-17(23-9-3-4-10-23)16(13-15)18(25)24-11-5-6-12-24/h7-8,13H,3-6,9-12,14H2,1-2H3,(H,22,26). The Bertz CT molecular complexity index is 678. The summed E-state index contributed by atoms with van der Waals surface area (Å²) in [4.78, 5) is 29.7. The van der Waals surface area contributed by atoms with E-state index in [1.54, 1.807) is 0 Å². The SMILES string of the molecule is CC(C)(CCl)C(=O)Nc1ccc(N2CCCC2)c(C(=O)N2CCCC2)c1. The minimum absolute atomic E-state index is 0.0668. The smallest absolute Gasteiger partial charge is 0.256 e. The number of hydrogen-bond acceptors (Lipinski definition) is 3. The van der Waals surface area contributed by atoms with Crippen molar-refractivity contribution in [3.05, 3.63) is 23.8 Å². The lowest BCUT2D eigenvalue weighted by Crippen LogP contribution is -2.33. The van der Waals surface area contributed by atoms with Crippen molar-refractivity contribution in [2.45, 2.75) is 39.5 Å². The summed E-state index contributed by atoms with van der Waals surface area (Å²) < 4.78 is 0. The molecule has 2 saturated heterocycles. The van der Waals surface area contributed by atoms with Crippen molar-refractivity contribution in [3.63, 3.8) is 0 Å². The highest BCUT2D eigenvalue weighted by Crippen LogP contribution is 2.30. The molecule has 0 aromatic heterocycles. The van der Waals surface area contributed by atoms with E-state index in [9.17, 15) is 9.59 Å². The lowest BCUT2D eigenvalue weighted by molar-refractivity contribution is -0.122. The monoisotopic (exact) mass is 377 g/mol. The molecule has 6 heteroatoms. The minimum atomic E-state index is -0.658. The van der Waals surface area contributed by atoms with Crippen LogP contribution in [0, 0.1) is 5.41 Å². The number of likely N-dealkylation sites (tertiary alicyclic amines) is 1. The Morgan fingerprint density at radius 2 is 1.69 bits per heavy atom. The molecule has 2 aliphatic rings. The maximum absolute atomic E-state index is 13.1. The number of nitrogens with zero attached hydrogens (tertiary/aromatic N) is 2. The molecule has 5 nitrogen and oxygen atoms in total. The van der Waals surface area contributed by atoms with E-state index in [0.717, 1.165) is 57.5 Å². The van der Waals surface area contributed by atoms with E-state index in [1.807, 2.05) is 36.9 Å². The number of alkyl halides is 1. The average Bonchev–Trinajstić information content (AvgIpc) is 3.34. The molecule has 2 amide bonds. The molecule has 2 aliphatic heterocycles. The van der Waals surface area contributed by atoms with E-state index in [4.69, 9.17) is 11.6 Å². The van der Waals surface area contributed by atoms with E-state index < -0.39 is 5.41 Å². The van der Waals surface area contributed by atoms with Crippen LogP contribution >= 0.6 is 11.6 Å². The topological polar surface area (TPSA) is 52.7 Å². The van der Waals surface area contributed by atoms with E-state index in [1.165, 1.54) is 0 Å². The highest BCUT2D eigenvalue weighted by molar-refractivity contribution is 6.20. The molecule has 2 fully saturated rings. The quantitative estimate of drug-likeness (QED) is 0.795. The first-order valence-corrected chi connectivity index (χ1v) is 10.0. The normalized spacial score (nSPS) is 17.7. The number of hydrogen-bond donors (Lipinski definition) is 1. The largest absolute Gasteiger partial charge is 0.371 e. The van der Waals surface area contributed by atoms with Crippen LogP contribution in [-0.2, 0) is 4.79 Å². The van der Waals surface area contributed by atoms with Gasteiger partial charge in [-0.2, -0.15) is 0 Å². The van der Waals surface area contributed by atoms with Gasteiger partial charge in [0.15, 0.2) is 0 Å². The zero-order valence-corrected chi connectivity index (χ0v) is 16.4. The second-order valence-corrected chi connectivity index (χ2v) is 8.16. The molecule has 1 N–H and O–H groups in total. The third kappa shape index (κ3) is 3.98. The Balaban J connectivity index is 1.89. The molecule has 1 aromatic carbocycles. The van der Waals surface area contributed by atoms with Gasteiger partial charge in [-0.1, -0.05) is 0 Å². The average molecular weight is 378 g/mol. The van der Waals surface area contributed by atoms with Crippen molar-refractivity contribution >= 4 is 34.8 Å². The van der Waals surface area contributed by atoms with Crippen molar-refractivity contribution in [2.75, 3.05) is 42.3 Å². The van der Waals surface area contributed by atoms with Gasteiger partial charge in [0.2, 0.25) is 5.91 Å². The molecule has 0 radical (unpaired) electrons. The molecular formula is C20H28ClN3O2. The molecule has 0 aliphatic carbocycles. The summed E-state index contributed by atoms with van der Waals surface area (Å²) in [7, 11) is 0. The molecule has 142 valence electrons. The molecule has 26 heavy (non-hydrogen) atoms. The maximum Gasteiger partial charge on any atom is 0.256 e. The first-order chi connectivity index (χ1) is 12.4. The number of amides is 2. The Kier molecular flexibility index (Phi) is 5.76. The fourth-order valence-electron chi connectivity index (χ4n) is 3.47. The second-order valence-electron chi connectivity index (χ2n) is 7.90. The van der Waals surface area contributed by atoms with Crippen LogP contribution in [0.5, 0.6) is 0 Å². The van der Waals surface area contributed by atoms with Crippen LogP contribution in [0.3, 0.4) is 0 Å². The third-order valence-electron chi connectivity index (χ3n) is 5.27. The van der Waals surface area contributed by atoms with Crippen molar-refractivity contribution in [3.8, 4) is 0 Å². The maximum atomic E-state index is 13.1. The molecule has 2 heterocycles. The Labute approximate surface area is 160 Å². The van der Waals surface area contributed by atoms with Crippen molar-refractivity contribution in [1.82, 2.24) is 4.90 Å². The first kappa shape index (κ1) is 19.0. The number of nitrogens with one attached hydrogen (secondary N) is 1. The zero-order chi connectivity index (χ0) is 18.7. The number of carbonyl (C=O) groups is 2. The summed E-state index contributed by atoms with van der Waals surface area (Å²) in [5.74, 6) is 0.169. The summed E-state index contributed by atoms with van der Waals surface area (Å²) in [6.07, 6.45) is 4.43. The third-order valence-corrected chi connectivity index (χ3v) is 5.94. The molecule has 0 saturated carbocycles. The number of anilines is 2. The van der Waals surface area contributed by atoms with Gasteiger partial charge in [-0.05, 0) is 57.7 Å². The van der Waals surface area contributed by atoms with Gasteiger partial charge < -0.3 is 15.1 Å². The summed E-state index contributed by atoms with van der Waals surface area (Å²) in [5, 5.41) is 2.92. The lowest BCUT2D eigenvalue weighted by Gasteiger charge is -2.25. The first-order valence-electron chi connectivity index (χ1n) is 9.48. The Morgan fingerprint density at radius 3 is 2.31 bits per heavy atom. The van der Waals surface area contributed by atoms with Gasteiger partial charge in [-0.15, -0.1) is 11.6 Å². The van der Waals surface area contributed by atoms with E-state index >= 15 is 0 Å². The zero-order valence-electron chi connectivity index (χ0n) is 15.7. The molecule has 0 bridgehead atoms. The lowest BCUT2D eigenvalue weighted by atomic mass is 9.95. The number of benzene rings is 1. The van der Waals surface area contributed by atoms with Gasteiger partial charge in [0.1, 0.15) is 0 Å². The van der Waals surface area contributed by atoms with Crippen LogP contribution in [0.15, 0.2) is 18.2 Å². The van der Waals surface area contributed by atoms with Crippen molar-refractivity contribution in [2.24, 2.45) is 5.41 Å². The number of carbonyl (C=O) groups excluding carboxylic acids is 2. The number of halogens is 1. The summed E-state index contributed by atoms with van der Waals surface area (Å²) >= 11 is 5.91. The molecule has 1 aromatic rings. The van der Waals surface area contributed by atoms with Gasteiger partial charge in [0.05, 0.1) is 11.0 Å². The van der Waals surface area contributed by atoms with Crippen molar-refractivity contribution in [1.29, 1.82) is 0 Å². The van der Waals surface area contributed by atoms with Gasteiger partial charge in [0.25, 0.3) is 5.91 Å². The van der Waals surface area contributed by atoms with Crippen LogP contribution in [-0.4, -0.2) is 48.8 Å². The highest BCUT2D eigenvalue weighted by atomic mass is 35.5. The Hall–Kier alpha value is -1.75. The molecule has 0 atom stereocenters. The van der Waals surface area contributed by atoms with Crippen LogP contribution < -0.4 is 10.2 Å². The van der Waals surface area contributed by atoms with E-state index in [0.29, 0.717) is 11.3 Å². The van der Waals surface area contributed by atoms with Crippen LogP contribution in [0.4, 0.5) is 11.4 Å². The fraction of sp³-hybridized carbons (Fsp3) is 0.600. The molecule has 0 spiro atoms. The predicted molar refractivity (Wildman–Crippen MR) is 106 cm³/mol. The summed E-state index contributed by atoms with van der Waals surface area (Å²) in [6.45, 7) is 7.20. The van der Waals surface area contributed by atoms with Gasteiger partial charge >= 0.3 is 0 Å². The Morgan fingerprint density at radius 1 is 1.08 bits per heavy atom.